The van der Waals surface area contributed by atoms with Gasteiger partial charge in [0.2, 0.25) is 0 Å². The molecule has 0 spiro atoms. The minimum Gasteiger partial charge on any atom is -0.467 e. The molecule has 2 rings (SSSR count). The van der Waals surface area contributed by atoms with Gasteiger partial charge < -0.3 is 4.42 Å². The summed E-state index contributed by atoms with van der Waals surface area (Å²) < 4.78 is 5.33. The molecule has 0 bridgehead atoms. The van der Waals surface area contributed by atoms with Crippen LogP contribution in [0.2, 0.25) is 0 Å². The third-order valence-electron chi connectivity index (χ3n) is 3.27. The molecule has 0 aromatic carbocycles. The quantitative estimate of drug-likeness (QED) is 0.457. The molecule has 1 amide bonds. The maximum Gasteiger partial charge on any atom is 0.268 e. The van der Waals surface area contributed by atoms with E-state index >= 15 is 0 Å². The molecule has 17 heavy (non-hydrogen) atoms. The molecule has 0 unspecified atom stereocenters. The fourth-order valence-corrected chi connectivity index (χ4v) is 2.11. The highest BCUT2D eigenvalue weighted by molar-refractivity contribution is 5.93. The first kappa shape index (κ1) is 12.1. The lowest BCUT2D eigenvalue weighted by Gasteiger charge is -2.29. The summed E-state index contributed by atoms with van der Waals surface area (Å²) in [5.74, 6) is 6.37. The first-order valence-corrected chi connectivity index (χ1v) is 5.96. The molecule has 0 radical (unpaired) electrons. The van der Waals surface area contributed by atoms with E-state index in [0.717, 1.165) is 24.8 Å². The minimum absolute atomic E-state index is 0.318. The Balaban J connectivity index is 1.85. The van der Waals surface area contributed by atoms with Crippen molar-refractivity contribution in [2.75, 3.05) is 13.6 Å². The zero-order chi connectivity index (χ0) is 12.3. The number of amides is 1. The van der Waals surface area contributed by atoms with E-state index in [0.29, 0.717) is 5.56 Å². The second-order valence-electron chi connectivity index (χ2n) is 4.77. The van der Waals surface area contributed by atoms with E-state index in [9.17, 15) is 4.79 Å². The molecule has 1 heterocycles. The van der Waals surface area contributed by atoms with Gasteiger partial charge in [0.1, 0.15) is 12.0 Å². The number of nitrogens with one attached hydrogen (secondary N) is 1. The van der Waals surface area contributed by atoms with Crippen LogP contribution in [0.5, 0.6) is 0 Å². The molecule has 0 saturated heterocycles. The Morgan fingerprint density at radius 1 is 1.65 bits per heavy atom. The highest BCUT2D eigenvalue weighted by atomic mass is 16.3. The Kier molecular flexibility index (Phi) is 3.81. The normalized spacial score (nSPS) is 15.9. The van der Waals surface area contributed by atoms with Gasteiger partial charge in [-0.15, -0.1) is 0 Å². The highest BCUT2D eigenvalue weighted by Crippen LogP contribution is 2.27. The standard InChI is InChI=1S/C12H19N3O2/c1-15(6-9-3-2-4-9)7-11-5-10(8-17-11)12(16)14-13/h5,8-9H,2-4,6-7,13H2,1H3,(H,14,16). The molecule has 0 atom stereocenters. The van der Waals surface area contributed by atoms with E-state index in [1.165, 1.54) is 25.5 Å². The Labute approximate surface area is 101 Å². The number of carbonyl (C=O) groups is 1. The number of hydrogen-bond acceptors (Lipinski definition) is 4. The molecule has 5 nitrogen and oxygen atoms in total. The minimum atomic E-state index is -0.318. The van der Waals surface area contributed by atoms with Crippen molar-refractivity contribution in [1.82, 2.24) is 10.3 Å². The van der Waals surface area contributed by atoms with Crippen molar-refractivity contribution in [2.24, 2.45) is 11.8 Å². The van der Waals surface area contributed by atoms with Crippen molar-refractivity contribution in [3.8, 4) is 0 Å². The number of nitrogens with zero attached hydrogens (tertiary/aromatic N) is 1. The SMILES string of the molecule is CN(Cc1cc(C(=O)NN)co1)CC1CCC1. The van der Waals surface area contributed by atoms with E-state index < -0.39 is 0 Å². The second-order valence-corrected chi connectivity index (χ2v) is 4.77. The number of nitrogens with two attached hydrogens (primary N) is 1. The summed E-state index contributed by atoms with van der Waals surface area (Å²) in [6, 6.07) is 1.74. The molecule has 1 aromatic rings. The van der Waals surface area contributed by atoms with Crippen molar-refractivity contribution in [3.05, 3.63) is 23.7 Å². The summed E-state index contributed by atoms with van der Waals surface area (Å²) in [5, 5.41) is 0. The molecule has 5 heteroatoms. The van der Waals surface area contributed by atoms with Crippen LogP contribution < -0.4 is 11.3 Å². The predicted octanol–water partition coefficient (Wildman–Crippen LogP) is 1.11. The fourth-order valence-electron chi connectivity index (χ4n) is 2.11. The van der Waals surface area contributed by atoms with Gasteiger partial charge in [-0.2, -0.15) is 0 Å². The summed E-state index contributed by atoms with van der Waals surface area (Å²) in [6.45, 7) is 1.83. The Morgan fingerprint density at radius 3 is 3.00 bits per heavy atom. The molecule has 94 valence electrons. The molecule has 0 aliphatic heterocycles. The maximum atomic E-state index is 11.2. The lowest BCUT2D eigenvalue weighted by atomic mass is 9.85. The number of rotatable bonds is 5. The van der Waals surface area contributed by atoms with Crippen LogP contribution >= 0.6 is 0 Å². The molecule has 1 aliphatic rings. The lowest BCUT2D eigenvalue weighted by Crippen LogP contribution is -2.30. The molecule has 1 saturated carbocycles. The molecule has 1 fully saturated rings. The third kappa shape index (κ3) is 3.08. The van der Waals surface area contributed by atoms with Gasteiger partial charge in [-0.3, -0.25) is 15.1 Å². The molecule has 1 aliphatic carbocycles. The summed E-state index contributed by atoms with van der Waals surface area (Å²) in [5.41, 5.74) is 2.56. The Morgan fingerprint density at radius 2 is 2.41 bits per heavy atom. The van der Waals surface area contributed by atoms with Gasteiger partial charge in [0.15, 0.2) is 0 Å². The summed E-state index contributed by atoms with van der Waals surface area (Å²) in [6.07, 6.45) is 5.47. The van der Waals surface area contributed by atoms with E-state index in [-0.39, 0.29) is 5.91 Å². The third-order valence-corrected chi connectivity index (χ3v) is 3.27. The zero-order valence-corrected chi connectivity index (χ0v) is 10.1. The number of hydrogen-bond donors (Lipinski definition) is 2. The Bertz CT molecular complexity index is 385. The van der Waals surface area contributed by atoms with Crippen molar-refractivity contribution in [3.63, 3.8) is 0 Å². The van der Waals surface area contributed by atoms with Crippen LogP contribution in [0.15, 0.2) is 16.7 Å². The van der Waals surface area contributed by atoms with Crippen LogP contribution in [-0.2, 0) is 6.54 Å². The van der Waals surface area contributed by atoms with E-state index in [1.807, 2.05) is 0 Å². The van der Waals surface area contributed by atoms with Crippen LogP contribution in [0, 0.1) is 5.92 Å². The molecular weight excluding hydrogens is 218 g/mol. The summed E-state index contributed by atoms with van der Waals surface area (Å²) >= 11 is 0. The van der Waals surface area contributed by atoms with Gasteiger partial charge in [0.25, 0.3) is 5.91 Å². The van der Waals surface area contributed by atoms with Gasteiger partial charge in [-0.25, -0.2) is 5.84 Å². The van der Waals surface area contributed by atoms with E-state index in [2.05, 4.69) is 17.4 Å². The monoisotopic (exact) mass is 237 g/mol. The van der Waals surface area contributed by atoms with Crippen LogP contribution in [0.4, 0.5) is 0 Å². The van der Waals surface area contributed by atoms with Crippen molar-refractivity contribution >= 4 is 5.91 Å². The fraction of sp³-hybridized carbons (Fsp3) is 0.583. The van der Waals surface area contributed by atoms with Gasteiger partial charge in [-0.1, -0.05) is 6.42 Å². The van der Waals surface area contributed by atoms with E-state index in [4.69, 9.17) is 10.3 Å². The largest absolute Gasteiger partial charge is 0.467 e. The van der Waals surface area contributed by atoms with Gasteiger partial charge in [0, 0.05) is 6.54 Å². The van der Waals surface area contributed by atoms with Gasteiger partial charge >= 0.3 is 0 Å². The van der Waals surface area contributed by atoms with Gasteiger partial charge in [0.05, 0.1) is 12.1 Å². The first-order chi connectivity index (χ1) is 8.19. The summed E-state index contributed by atoms with van der Waals surface area (Å²) in [4.78, 5) is 13.5. The summed E-state index contributed by atoms with van der Waals surface area (Å²) in [7, 11) is 2.07. The predicted molar refractivity (Wildman–Crippen MR) is 64.0 cm³/mol. The number of nitrogen functional groups attached to an aromatic ring is 1. The van der Waals surface area contributed by atoms with E-state index in [1.54, 1.807) is 6.07 Å². The number of furan rings is 1. The van der Waals surface area contributed by atoms with Crippen LogP contribution in [0.25, 0.3) is 0 Å². The maximum absolute atomic E-state index is 11.2. The molecule has 3 N–H and O–H groups in total. The second kappa shape index (κ2) is 5.33. The topological polar surface area (TPSA) is 71.5 Å². The average Bonchev–Trinajstić information content (AvgIpc) is 2.71. The number of carbonyl (C=O) groups excluding carboxylic acids is 1. The first-order valence-electron chi connectivity index (χ1n) is 5.96. The van der Waals surface area contributed by atoms with Crippen LogP contribution in [-0.4, -0.2) is 24.4 Å². The highest BCUT2D eigenvalue weighted by Gasteiger charge is 2.19. The number of hydrazine groups is 1. The van der Waals surface area contributed by atoms with Crippen molar-refractivity contribution < 1.29 is 9.21 Å². The zero-order valence-electron chi connectivity index (χ0n) is 10.1. The molecule has 1 aromatic heterocycles. The van der Waals surface area contributed by atoms with Gasteiger partial charge in [-0.05, 0) is 31.9 Å². The Hall–Kier alpha value is -1.33. The smallest absolute Gasteiger partial charge is 0.268 e. The molecular formula is C12H19N3O2. The lowest BCUT2D eigenvalue weighted by molar-refractivity contribution is 0.0953. The van der Waals surface area contributed by atoms with Crippen LogP contribution in [0.3, 0.4) is 0 Å². The van der Waals surface area contributed by atoms with Crippen molar-refractivity contribution in [1.29, 1.82) is 0 Å². The average molecular weight is 237 g/mol. The van der Waals surface area contributed by atoms with Crippen molar-refractivity contribution in [2.45, 2.75) is 25.8 Å². The van der Waals surface area contributed by atoms with Crippen LogP contribution in [0.1, 0.15) is 35.4 Å².